The fraction of sp³-hybridized carbons (Fsp3) is 0.174. The van der Waals surface area contributed by atoms with Gasteiger partial charge in [-0.15, -0.1) is 6.58 Å². The van der Waals surface area contributed by atoms with Crippen LogP contribution >= 0.6 is 0 Å². The summed E-state index contributed by atoms with van der Waals surface area (Å²) in [5, 5.41) is 12.3. The molecule has 3 aromatic rings. The number of hydrogen-bond acceptors (Lipinski definition) is 4. The van der Waals surface area contributed by atoms with E-state index in [0.29, 0.717) is 17.7 Å². The van der Waals surface area contributed by atoms with Gasteiger partial charge in [0.15, 0.2) is 11.5 Å². The summed E-state index contributed by atoms with van der Waals surface area (Å²) in [5.74, 6) is -0.722. The first kappa shape index (κ1) is 18.5. The summed E-state index contributed by atoms with van der Waals surface area (Å²) in [4.78, 5) is 12.8. The monoisotopic (exact) mass is 362 g/mol. The molecule has 0 radical (unpaired) electrons. The molecular weight excluding hydrogens is 340 g/mol. The zero-order chi connectivity index (χ0) is 19.4. The molecule has 0 heterocycles. The molecule has 0 saturated heterocycles. The summed E-state index contributed by atoms with van der Waals surface area (Å²) >= 11 is 0. The molecule has 0 saturated carbocycles. The van der Waals surface area contributed by atoms with Crippen LogP contribution in [0.3, 0.4) is 0 Å². The van der Waals surface area contributed by atoms with Crippen LogP contribution in [0.5, 0.6) is 11.5 Å². The Kier molecular flexibility index (Phi) is 5.46. The Balaban J connectivity index is 2.29. The van der Waals surface area contributed by atoms with Gasteiger partial charge in [0.25, 0.3) is 0 Å². The quantitative estimate of drug-likeness (QED) is 0.515. The molecule has 0 amide bonds. The number of aromatic hydroxyl groups is 1. The van der Waals surface area contributed by atoms with Crippen molar-refractivity contribution in [3.05, 3.63) is 83.9 Å². The maximum Gasteiger partial charge on any atom is 0.317 e. The maximum absolute atomic E-state index is 12.8. The number of esters is 1. The van der Waals surface area contributed by atoms with Crippen molar-refractivity contribution in [3.8, 4) is 11.5 Å². The molecule has 1 atom stereocenters. The van der Waals surface area contributed by atoms with Crippen LogP contribution in [-0.4, -0.2) is 25.3 Å². The number of hydrogen-bond donors (Lipinski definition) is 1. The number of allylic oxidation sites excluding steroid dienone is 1. The standard InChI is InChI=1S/C23H22O4/c1-4-8-16-13-21(26-2)20(24)14-19(16)22(23(25)27-3)18-12-7-10-15-9-5-6-11-17(15)18/h4-7,9-14,22,24H,1,8H2,2-3H3/t22-/m0/s1. The summed E-state index contributed by atoms with van der Waals surface area (Å²) in [6, 6.07) is 17.1. The first-order valence-corrected chi connectivity index (χ1v) is 8.66. The van der Waals surface area contributed by atoms with E-state index in [0.717, 1.165) is 21.9 Å². The second-order valence-electron chi connectivity index (χ2n) is 6.24. The second kappa shape index (κ2) is 7.96. The van der Waals surface area contributed by atoms with Crippen molar-refractivity contribution in [1.29, 1.82) is 0 Å². The Morgan fingerprint density at radius 3 is 2.56 bits per heavy atom. The first-order valence-electron chi connectivity index (χ1n) is 8.66. The van der Waals surface area contributed by atoms with Gasteiger partial charge >= 0.3 is 5.97 Å². The molecule has 27 heavy (non-hydrogen) atoms. The van der Waals surface area contributed by atoms with Crippen LogP contribution < -0.4 is 4.74 Å². The lowest BCUT2D eigenvalue weighted by atomic mass is 9.84. The molecule has 3 aromatic carbocycles. The minimum absolute atomic E-state index is 0.0190. The number of carbonyl (C=O) groups is 1. The summed E-state index contributed by atoms with van der Waals surface area (Å²) in [5.41, 5.74) is 2.36. The van der Waals surface area contributed by atoms with Gasteiger partial charge < -0.3 is 14.6 Å². The third-order valence-electron chi connectivity index (χ3n) is 4.69. The third kappa shape index (κ3) is 3.51. The fourth-order valence-electron chi connectivity index (χ4n) is 3.43. The summed E-state index contributed by atoms with van der Waals surface area (Å²) in [6.07, 6.45) is 2.29. The highest BCUT2D eigenvalue weighted by atomic mass is 16.5. The van der Waals surface area contributed by atoms with Crippen LogP contribution in [0.4, 0.5) is 0 Å². The number of fused-ring (bicyclic) bond motifs is 1. The van der Waals surface area contributed by atoms with Crippen molar-refractivity contribution < 1.29 is 19.4 Å². The largest absolute Gasteiger partial charge is 0.504 e. The Labute approximate surface area is 158 Å². The van der Waals surface area contributed by atoms with Gasteiger partial charge in [0.05, 0.1) is 14.2 Å². The van der Waals surface area contributed by atoms with Crippen LogP contribution in [0.1, 0.15) is 22.6 Å². The van der Waals surface area contributed by atoms with Crippen LogP contribution in [0.25, 0.3) is 10.8 Å². The maximum atomic E-state index is 12.8. The Morgan fingerprint density at radius 1 is 1.11 bits per heavy atom. The molecule has 0 unspecified atom stereocenters. The van der Waals surface area contributed by atoms with Gasteiger partial charge in [-0.2, -0.15) is 0 Å². The highest BCUT2D eigenvalue weighted by molar-refractivity contribution is 5.93. The summed E-state index contributed by atoms with van der Waals surface area (Å²) in [7, 11) is 2.87. The fourth-order valence-corrected chi connectivity index (χ4v) is 3.43. The van der Waals surface area contributed by atoms with Gasteiger partial charge in [-0.3, -0.25) is 4.79 Å². The molecule has 0 aliphatic carbocycles. The molecule has 3 rings (SSSR count). The van der Waals surface area contributed by atoms with Crippen LogP contribution in [-0.2, 0) is 16.0 Å². The average molecular weight is 362 g/mol. The zero-order valence-electron chi connectivity index (χ0n) is 15.4. The Hall–Kier alpha value is -3.27. The number of rotatable bonds is 6. The summed E-state index contributed by atoms with van der Waals surface area (Å²) in [6.45, 7) is 3.80. The van der Waals surface area contributed by atoms with Crippen LogP contribution in [0.15, 0.2) is 67.3 Å². The van der Waals surface area contributed by atoms with E-state index >= 15 is 0 Å². The van der Waals surface area contributed by atoms with Gasteiger partial charge in [-0.1, -0.05) is 48.5 Å². The topological polar surface area (TPSA) is 55.8 Å². The molecule has 0 bridgehead atoms. The second-order valence-corrected chi connectivity index (χ2v) is 6.24. The highest BCUT2D eigenvalue weighted by Gasteiger charge is 2.28. The Bertz CT molecular complexity index is 986. The lowest BCUT2D eigenvalue weighted by Gasteiger charge is -2.21. The predicted octanol–water partition coefficient (Wildman–Crippen LogP) is 4.59. The highest BCUT2D eigenvalue weighted by Crippen LogP contribution is 2.38. The van der Waals surface area contributed by atoms with E-state index in [1.165, 1.54) is 14.2 Å². The van der Waals surface area contributed by atoms with E-state index < -0.39 is 5.92 Å². The molecule has 0 aliphatic heterocycles. The van der Waals surface area contributed by atoms with Crippen LogP contribution in [0, 0.1) is 0 Å². The number of carbonyl (C=O) groups excluding carboxylic acids is 1. The zero-order valence-corrected chi connectivity index (χ0v) is 15.4. The molecule has 0 spiro atoms. The van der Waals surface area contributed by atoms with Gasteiger partial charge in [-0.05, 0) is 46.0 Å². The van der Waals surface area contributed by atoms with Crippen molar-refractivity contribution >= 4 is 16.7 Å². The van der Waals surface area contributed by atoms with Crippen molar-refractivity contribution in [1.82, 2.24) is 0 Å². The van der Waals surface area contributed by atoms with E-state index in [1.54, 1.807) is 18.2 Å². The molecule has 4 nitrogen and oxygen atoms in total. The van der Waals surface area contributed by atoms with E-state index in [9.17, 15) is 9.90 Å². The number of phenols is 1. The number of methoxy groups -OCH3 is 2. The van der Waals surface area contributed by atoms with Gasteiger partial charge in [0.1, 0.15) is 5.92 Å². The van der Waals surface area contributed by atoms with Gasteiger partial charge in [-0.25, -0.2) is 0 Å². The molecule has 0 aromatic heterocycles. The molecule has 4 heteroatoms. The minimum Gasteiger partial charge on any atom is -0.504 e. The number of benzene rings is 3. The first-order chi connectivity index (χ1) is 13.1. The number of phenolic OH excluding ortho intramolecular Hbond substituents is 1. The third-order valence-corrected chi connectivity index (χ3v) is 4.69. The molecule has 1 N–H and O–H groups in total. The number of ether oxygens (including phenoxy) is 2. The molecular formula is C23H22O4. The van der Waals surface area contributed by atoms with Crippen molar-refractivity contribution in [2.75, 3.05) is 14.2 Å². The normalized spacial score (nSPS) is 11.8. The van der Waals surface area contributed by atoms with E-state index in [4.69, 9.17) is 9.47 Å². The minimum atomic E-state index is -0.673. The van der Waals surface area contributed by atoms with Gasteiger partial charge in [0.2, 0.25) is 0 Å². The molecule has 0 aliphatic rings. The average Bonchev–Trinajstić information content (AvgIpc) is 2.70. The van der Waals surface area contributed by atoms with Gasteiger partial charge in [0, 0.05) is 0 Å². The Morgan fingerprint density at radius 2 is 1.85 bits per heavy atom. The van der Waals surface area contributed by atoms with Crippen molar-refractivity contribution in [3.63, 3.8) is 0 Å². The SMILES string of the molecule is C=CCc1cc(OC)c(O)cc1[C@@H](C(=O)OC)c1cccc2ccccc12. The van der Waals surface area contributed by atoms with Crippen molar-refractivity contribution in [2.24, 2.45) is 0 Å². The van der Waals surface area contributed by atoms with E-state index in [-0.39, 0.29) is 11.7 Å². The predicted molar refractivity (Wildman–Crippen MR) is 106 cm³/mol. The summed E-state index contributed by atoms with van der Waals surface area (Å²) < 4.78 is 10.4. The molecule has 138 valence electrons. The van der Waals surface area contributed by atoms with E-state index in [2.05, 4.69) is 6.58 Å². The van der Waals surface area contributed by atoms with Crippen molar-refractivity contribution in [2.45, 2.75) is 12.3 Å². The lowest BCUT2D eigenvalue weighted by Crippen LogP contribution is -2.18. The molecule has 0 fully saturated rings. The smallest absolute Gasteiger partial charge is 0.317 e. The van der Waals surface area contributed by atoms with E-state index in [1.807, 2.05) is 42.5 Å². The lowest BCUT2D eigenvalue weighted by molar-refractivity contribution is -0.141. The van der Waals surface area contributed by atoms with Crippen LogP contribution in [0.2, 0.25) is 0 Å².